The van der Waals surface area contributed by atoms with Gasteiger partial charge in [-0.25, -0.2) is 13.8 Å². The number of hydrazone groups is 1. The second-order valence-electron chi connectivity index (χ2n) is 8.46. The molecular formula is C28H27ClN4O4S. The largest absolute Gasteiger partial charge is 0.497 e. The standard InChI is InChI=1S/C28H27ClN4O4S/c1-20-16-22(21(2)33(20)24-14-12-23(29)13-15-24)18-30-31-28(34)19-32(25-8-7-9-26(17-25)37-3)38(35,36)27-10-5-4-6-11-27/h4-18H,19H2,1-3H3,(H,31,34)/b30-18+. The zero-order valence-electron chi connectivity index (χ0n) is 21.1. The number of methoxy groups -OCH3 is 1. The predicted molar refractivity (Wildman–Crippen MR) is 150 cm³/mol. The van der Waals surface area contributed by atoms with E-state index >= 15 is 0 Å². The summed E-state index contributed by atoms with van der Waals surface area (Å²) in [6.07, 6.45) is 1.54. The molecule has 0 fully saturated rings. The van der Waals surface area contributed by atoms with Crippen LogP contribution in [0.1, 0.15) is 17.0 Å². The van der Waals surface area contributed by atoms with Crippen molar-refractivity contribution in [3.8, 4) is 11.4 Å². The molecule has 1 N–H and O–H groups in total. The van der Waals surface area contributed by atoms with Crippen LogP contribution < -0.4 is 14.5 Å². The SMILES string of the molecule is COc1cccc(N(CC(=O)N/N=C/c2cc(C)n(-c3ccc(Cl)cc3)c2C)S(=O)(=O)c2ccccc2)c1. The second kappa shape index (κ2) is 11.5. The highest BCUT2D eigenvalue weighted by Crippen LogP contribution is 2.27. The molecule has 10 heteroatoms. The molecule has 0 aliphatic rings. The summed E-state index contributed by atoms with van der Waals surface area (Å²) in [6, 6.07) is 23.9. The number of sulfonamides is 1. The van der Waals surface area contributed by atoms with Crippen molar-refractivity contribution in [3.63, 3.8) is 0 Å². The molecule has 38 heavy (non-hydrogen) atoms. The zero-order chi connectivity index (χ0) is 27.3. The summed E-state index contributed by atoms with van der Waals surface area (Å²) in [5.74, 6) is -0.139. The Kier molecular flexibility index (Phi) is 8.19. The summed E-state index contributed by atoms with van der Waals surface area (Å²) in [5.41, 5.74) is 6.41. The Hall–Kier alpha value is -4.08. The number of ether oxygens (including phenoxy) is 1. The van der Waals surface area contributed by atoms with Gasteiger partial charge in [-0.1, -0.05) is 35.9 Å². The number of nitrogens with one attached hydrogen (secondary N) is 1. The molecular weight excluding hydrogens is 524 g/mol. The quantitative estimate of drug-likeness (QED) is 0.232. The van der Waals surface area contributed by atoms with Crippen LogP contribution in [-0.2, 0) is 14.8 Å². The van der Waals surface area contributed by atoms with Crippen molar-refractivity contribution < 1.29 is 17.9 Å². The van der Waals surface area contributed by atoms with Crippen LogP contribution in [0.4, 0.5) is 5.69 Å². The fourth-order valence-electron chi connectivity index (χ4n) is 4.05. The van der Waals surface area contributed by atoms with Gasteiger partial charge in [0.1, 0.15) is 12.3 Å². The lowest BCUT2D eigenvalue weighted by molar-refractivity contribution is -0.119. The summed E-state index contributed by atoms with van der Waals surface area (Å²) in [7, 11) is -2.56. The minimum absolute atomic E-state index is 0.0637. The molecule has 0 atom stereocenters. The van der Waals surface area contributed by atoms with Crippen molar-refractivity contribution in [3.05, 3.63) is 107 Å². The third-order valence-corrected chi connectivity index (χ3v) is 7.95. The highest BCUT2D eigenvalue weighted by molar-refractivity contribution is 7.92. The second-order valence-corrected chi connectivity index (χ2v) is 10.8. The van der Waals surface area contributed by atoms with E-state index in [1.807, 2.05) is 44.2 Å². The van der Waals surface area contributed by atoms with Crippen LogP contribution in [0.15, 0.2) is 94.9 Å². The van der Waals surface area contributed by atoms with Crippen LogP contribution in [0.25, 0.3) is 5.69 Å². The monoisotopic (exact) mass is 550 g/mol. The van der Waals surface area contributed by atoms with Crippen molar-refractivity contribution in [2.45, 2.75) is 18.7 Å². The van der Waals surface area contributed by atoms with E-state index in [9.17, 15) is 13.2 Å². The maximum absolute atomic E-state index is 13.5. The summed E-state index contributed by atoms with van der Waals surface area (Å²) in [5, 5.41) is 4.75. The number of anilines is 1. The van der Waals surface area contributed by atoms with E-state index < -0.39 is 22.5 Å². The summed E-state index contributed by atoms with van der Waals surface area (Å²) in [6.45, 7) is 3.44. The van der Waals surface area contributed by atoms with Gasteiger partial charge < -0.3 is 9.30 Å². The minimum atomic E-state index is -4.04. The van der Waals surface area contributed by atoms with Crippen molar-refractivity contribution in [2.75, 3.05) is 18.0 Å². The average molecular weight is 551 g/mol. The molecule has 0 saturated heterocycles. The molecule has 196 valence electrons. The van der Waals surface area contributed by atoms with Gasteiger partial charge in [-0.05, 0) is 68.4 Å². The molecule has 4 rings (SSSR count). The molecule has 4 aromatic rings. The molecule has 3 aromatic carbocycles. The molecule has 1 aromatic heterocycles. The topological polar surface area (TPSA) is 93.0 Å². The summed E-state index contributed by atoms with van der Waals surface area (Å²) < 4.78 is 35.2. The number of hydrogen-bond donors (Lipinski definition) is 1. The van der Waals surface area contributed by atoms with E-state index in [1.54, 1.807) is 42.5 Å². The van der Waals surface area contributed by atoms with Gasteiger partial charge in [-0.15, -0.1) is 0 Å². The van der Waals surface area contributed by atoms with E-state index in [2.05, 4.69) is 15.1 Å². The number of amides is 1. The van der Waals surface area contributed by atoms with Crippen LogP contribution in [0.5, 0.6) is 5.75 Å². The lowest BCUT2D eigenvalue weighted by Crippen LogP contribution is -2.39. The van der Waals surface area contributed by atoms with Gasteiger partial charge in [0.25, 0.3) is 15.9 Å². The van der Waals surface area contributed by atoms with Crippen molar-refractivity contribution in [1.82, 2.24) is 9.99 Å². The van der Waals surface area contributed by atoms with Crippen molar-refractivity contribution >= 4 is 39.4 Å². The Balaban J connectivity index is 1.55. The summed E-state index contributed by atoms with van der Waals surface area (Å²) >= 11 is 6.02. The fraction of sp³-hybridized carbons (Fsp3) is 0.143. The predicted octanol–water partition coefficient (Wildman–Crippen LogP) is 5.10. The van der Waals surface area contributed by atoms with Gasteiger partial charge in [0.15, 0.2) is 0 Å². The number of benzene rings is 3. The maximum Gasteiger partial charge on any atom is 0.264 e. The van der Waals surface area contributed by atoms with E-state index in [0.29, 0.717) is 16.5 Å². The lowest BCUT2D eigenvalue weighted by Gasteiger charge is -2.24. The highest BCUT2D eigenvalue weighted by atomic mass is 35.5. The third kappa shape index (κ3) is 5.90. The van der Waals surface area contributed by atoms with E-state index in [-0.39, 0.29) is 4.90 Å². The van der Waals surface area contributed by atoms with Gasteiger partial charge in [-0.3, -0.25) is 9.10 Å². The lowest BCUT2D eigenvalue weighted by atomic mass is 10.2. The van der Waals surface area contributed by atoms with Crippen LogP contribution in [0.3, 0.4) is 0 Å². The number of aromatic nitrogens is 1. The number of carbonyl (C=O) groups is 1. The Morgan fingerprint density at radius 1 is 1.03 bits per heavy atom. The molecule has 1 heterocycles. The Bertz CT molecular complexity index is 1570. The molecule has 0 radical (unpaired) electrons. The van der Waals surface area contributed by atoms with Gasteiger partial charge in [0, 0.05) is 33.7 Å². The molecule has 1 amide bonds. The number of rotatable bonds is 9. The molecule has 0 aliphatic carbocycles. The fourth-order valence-corrected chi connectivity index (χ4v) is 5.61. The first-order valence-corrected chi connectivity index (χ1v) is 13.5. The maximum atomic E-state index is 13.5. The Morgan fingerprint density at radius 2 is 1.74 bits per heavy atom. The Morgan fingerprint density at radius 3 is 2.42 bits per heavy atom. The number of halogens is 1. The third-order valence-electron chi connectivity index (χ3n) is 5.91. The molecule has 0 spiro atoms. The van der Waals surface area contributed by atoms with Crippen LogP contribution >= 0.6 is 11.6 Å². The first-order chi connectivity index (χ1) is 18.2. The van der Waals surface area contributed by atoms with E-state index in [4.69, 9.17) is 16.3 Å². The zero-order valence-corrected chi connectivity index (χ0v) is 22.7. The molecule has 0 saturated carbocycles. The Labute approximate surface area is 227 Å². The van der Waals surface area contributed by atoms with Crippen LogP contribution in [0.2, 0.25) is 5.02 Å². The van der Waals surface area contributed by atoms with Crippen molar-refractivity contribution in [2.24, 2.45) is 5.10 Å². The number of carbonyl (C=O) groups excluding carboxylic acids is 1. The van der Waals surface area contributed by atoms with Crippen molar-refractivity contribution in [1.29, 1.82) is 0 Å². The molecule has 0 bridgehead atoms. The van der Waals surface area contributed by atoms with E-state index in [1.165, 1.54) is 25.5 Å². The smallest absolute Gasteiger partial charge is 0.264 e. The van der Waals surface area contributed by atoms with Crippen LogP contribution in [0, 0.1) is 13.8 Å². The minimum Gasteiger partial charge on any atom is -0.497 e. The molecule has 0 aliphatic heterocycles. The highest BCUT2D eigenvalue weighted by Gasteiger charge is 2.27. The average Bonchev–Trinajstić information content (AvgIpc) is 3.20. The van der Waals surface area contributed by atoms with E-state index in [0.717, 1.165) is 26.9 Å². The van der Waals surface area contributed by atoms with Crippen LogP contribution in [-0.4, -0.2) is 38.8 Å². The number of nitrogens with zero attached hydrogens (tertiary/aromatic N) is 3. The number of hydrogen-bond acceptors (Lipinski definition) is 5. The van der Waals surface area contributed by atoms with Gasteiger partial charge in [0.05, 0.1) is 23.9 Å². The normalized spacial score (nSPS) is 11.5. The number of aryl methyl sites for hydroxylation is 1. The van der Waals surface area contributed by atoms with Gasteiger partial charge in [0.2, 0.25) is 0 Å². The first kappa shape index (κ1) is 27.0. The molecule has 8 nitrogen and oxygen atoms in total. The van der Waals surface area contributed by atoms with Gasteiger partial charge >= 0.3 is 0 Å². The first-order valence-electron chi connectivity index (χ1n) is 11.7. The van der Waals surface area contributed by atoms with Gasteiger partial charge in [-0.2, -0.15) is 5.10 Å². The molecule has 0 unspecified atom stereocenters. The summed E-state index contributed by atoms with van der Waals surface area (Å²) in [4.78, 5) is 12.9.